The number of carbonyl (C=O) groups is 2. The van der Waals surface area contributed by atoms with Crippen LogP contribution in [0.4, 0.5) is 4.79 Å². The highest BCUT2D eigenvalue weighted by atomic mass is 32.2. The van der Waals surface area contributed by atoms with E-state index >= 15 is 0 Å². The first kappa shape index (κ1) is 20.6. The SMILES string of the molecule is O=C(NC1CCNCC1)[C@@H]1C[C@@H](S(=O)(=O)O)CN1C(=O)OCc1ccccc1. The fourth-order valence-electron chi connectivity index (χ4n) is 3.53. The van der Waals surface area contributed by atoms with Crippen LogP contribution in [0.2, 0.25) is 0 Å². The summed E-state index contributed by atoms with van der Waals surface area (Å²) in [7, 11) is -4.38. The summed E-state index contributed by atoms with van der Waals surface area (Å²) in [5, 5.41) is 4.87. The number of benzene rings is 1. The number of piperidine rings is 1. The van der Waals surface area contributed by atoms with Crippen molar-refractivity contribution in [2.45, 2.75) is 43.2 Å². The molecule has 0 aromatic heterocycles. The molecular formula is C18H25N3O6S. The topological polar surface area (TPSA) is 125 Å². The quantitative estimate of drug-likeness (QED) is 0.603. The number of nitrogens with one attached hydrogen (secondary N) is 2. The minimum atomic E-state index is -4.38. The van der Waals surface area contributed by atoms with Gasteiger partial charge in [0.1, 0.15) is 17.9 Å². The number of rotatable bonds is 5. The molecule has 1 aromatic rings. The zero-order chi connectivity index (χ0) is 20.1. The lowest BCUT2D eigenvalue weighted by molar-refractivity contribution is -0.126. The molecule has 10 heteroatoms. The molecule has 9 nitrogen and oxygen atoms in total. The summed E-state index contributed by atoms with van der Waals surface area (Å²) < 4.78 is 37.8. The Hall–Kier alpha value is -2.17. The molecular weight excluding hydrogens is 386 g/mol. The van der Waals surface area contributed by atoms with Gasteiger partial charge >= 0.3 is 6.09 Å². The number of hydrogen-bond donors (Lipinski definition) is 3. The molecule has 2 heterocycles. The van der Waals surface area contributed by atoms with Crippen LogP contribution in [0.1, 0.15) is 24.8 Å². The first-order valence-electron chi connectivity index (χ1n) is 9.29. The lowest BCUT2D eigenvalue weighted by atomic mass is 10.1. The predicted octanol–water partition coefficient (Wildman–Crippen LogP) is 0.522. The lowest BCUT2D eigenvalue weighted by Gasteiger charge is -2.28. The molecule has 0 saturated carbocycles. The van der Waals surface area contributed by atoms with Gasteiger partial charge in [-0.3, -0.25) is 14.2 Å². The second-order valence-electron chi connectivity index (χ2n) is 7.11. The first-order valence-corrected chi connectivity index (χ1v) is 10.8. The van der Waals surface area contributed by atoms with Gasteiger partial charge in [-0.05, 0) is 37.9 Å². The van der Waals surface area contributed by atoms with Crippen molar-refractivity contribution in [2.75, 3.05) is 19.6 Å². The van der Waals surface area contributed by atoms with E-state index in [-0.39, 0.29) is 25.6 Å². The van der Waals surface area contributed by atoms with Gasteiger partial charge in [-0.2, -0.15) is 8.42 Å². The third-order valence-electron chi connectivity index (χ3n) is 5.11. The number of likely N-dealkylation sites (tertiary alicyclic amines) is 1. The monoisotopic (exact) mass is 411 g/mol. The Balaban J connectivity index is 1.67. The highest BCUT2D eigenvalue weighted by Crippen LogP contribution is 2.25. The highest BCUT2D eigenvalue weighted by molar-refractivity contribution is 7.86. The van der Waals surface area contributed by atoms with Crippen molar-refractivity contribution >= 4 is 22.1 Å². The van der Waals surface area contributed by atoms with Gasteiger partial charge in [-0.1, -0.05) is 30.3 Å². The van der Waals surface area contributed by atoms with Gasteiger partial charge < -0.3 is 15.4 Å². The van der Waals surface area contributed by atoms with E-state index in [0.29, 0.717) is 0 Å². The molecule has 2 amide bonds. The summed E-state index contributed by atoms with van der Waals surface area (Å²) in [4.78, 5) is 26.3. The highest BCUT2D eigenvalue weighted by Gasteiger charge is 2.45. The van der Waals surface area contributed by atoms with Crippen molar-refractivity contribution in [3.8, 4) is 0 Å². The molecule has 154 valence electrons. The third kappa shape index (κ3) is 5.21. The summed E-state index contributed by atoms with van der Waals surface area (Å²) >= 11 is 0. The summed E-state index contributed by atoms with van der Waals surface area (Å²) in [5.41, 5.74) is 0.775. The predicted molar refractivity (Wildman–Crippen MR) is 101 cm³/mol. The smallest absolute Gasteiger partial charge is 0.410 e. The maximum absolute atomic E-state index is 12.7. The Labute approximate surface area is 164 Å². The van der Waals surface area contributed by atoms with Crippen molar-refractivity contribution in [3.63, 3.8) is 0 Å². The Bertz CT molecular complexity index is 795. The zero-order valence-corrected chi connectivity index (χ0v) is 16.2. The van der Waals surface area contributed by atoms with E-state index in [0.717, 1.165) is 36.4 Å². The Morgan fingerprint density at radius 1 is 1.21 bits per heavy atom. The Morgan fingerprint density at radius 2 is 1.89 bits per heavy atom. The van der Waals surface area contributed by atoms with E-state index in [4.69, 9.17) is 4.74 Å². The molecule has 2 aliphatic rings. The standard InChI is InChI=1S/C18H25N3O6S/c22-17(20-14-6-8-19-9-7-14)16-10-15(28(24,25)26)11-21(16)18(23)27-12-13-4-2-1-3-5-13/h1-5,14-16,19H,6-12H2,(H,20,22)(H,24,25,26)/t15-,16+/m1/s1. The molecule has 0 aliphatic carbocycles. The lowest BCUT2D eigenvalue weighted by Crippen LogP contribution is -2.51. The molecule has 2 fully saturated rings. The molecule has 0 bridgehead atoms. The van der Waals surface area contributed by atoms with Crippen LogP contribution in [0.15, 0.2) is 30.3 Å². The molecule has 2 atom stereocenters. The van der Waals surface area contributed by atoms with E-state index in [1.807, 2.05) is 18.2 Å². The van der Waals surface area contributed by atoms with Crippen molar-refractivity contribution in [3.05, 3.63) is 35.9 Å². The van der Waals surface area contributed by atoms with Crippen molar-refractivity contribution in [1.29, 1.82) is 0 Å². The van der Waals surface area contributed by atoms with E-state index < -0.39 is 33.4 Å². The summed E-state index contributed by atoms with van der Waals surface area (Å²) in [6.07, 6.45) is 0.591. The van der Waals surface area contributed by atoms with Gasteiger partial charge in [0.05, 0.1) is 0 Å². The second kappa shape index (κ2) is 8.89. The maximum Gasteiger partial charge on any atom is 0.410 e. The van der Waals surface area contributed by atoms with Gasteiger partial charge in [0.2, 0.25) is 5.91 Å². The molecule has 28 heavy (non-hydrogen) atoms. The largest absolute Gasteiger partial charge is 0.445 e. The number of ether oxygens (including phenoxy) is 1. The maximum atomic E-state index is 12.7. The van der Waals surface area contributed by atoms with Gasteiger partial charge in [0.15, 0.2) is 0 Å². The number of nitrogens with zero attached hydrogens (tertiary/aromatic N) is 1. The normalized spacial score (nSPS) is 23.4. The van der Waals surface area contributed by atoms with Crippen molar-refractivity contribution in [1.82, 2.24) is 15.5 Å². The average Bonchev–Trinajstić information content (AvgIpc) is 3.14. The van der Waals surface area contributed by atoms with Gasteiger partial charge in [0.25, 0.3) is 10.1 Å². The van der Waals surface area contributed by atoms with Crippen LogP contribution in [0.3, 0.4) is 0 Å². The molecule has 0 spiro atoms. The van der Waals surface area contributed by atoms with Crippen LogP contribution in [-0.4, -0.2) is 66.8 Å². The van der Waals surface area contributed by atoms with Crippen LogP contribution < -0.4 is 10.6 Å². The van der Waals surface area contributed by atoms with Crippen molar-refractivity contribution < 1.29 is 27.3 Å². The van der Waals surface area contributed by atoms with E-state index in [2.05, 4.69) is 10.6 Å². The Morgan fingerprint density at radius 3 is 2.54 bits per heavy atom. The van der Waals surface area contributed by atoms with Crippen LogP contribution in [-0.2, 0) is 26.3 Å². The van der Waals surface area contributed by atoms with Gasteiger partial charge in [-0.15, -0.1) is 0 Å². The van der Waals surface area contributed by atoms with Crippen LogP contribution >= 0.6 is 0 Å². The van der Waals surface area contributed by atoms with Crippen molar-refractivity contribution in [2.24, 2.45) is 0 Å². The number of carbonyl (C=O) groups excluding carboxylic acids is 2. The van der Waals surface area contributed by atoms with E-state index in [1.54, 1.807) is 12.1 Å². The number of amides is 2. The van der Waals surface area contributed by atoms with Crippen LogP contribution in [0, 0.1) is 0 Å². The molecule has 2 saturated heterocycles. The van der Waals surface area contributed by atoms with E-state index in [1.165, 1.54) is 0 Å². The summed E-state index contributed by atoms with van der Waals surface area (Å²) in [5.74, 6) is -0.422. The first-order chi connectivity index (χ1) is 13.3. The number of hydrogen-bond acceptors (Lipinski definition) is 6. The molecule has 1 aromatic carbocycles. The average molecular weight is 411 g/mol. The second-order valence-corrected chi connectivity index (χ2v) is 8.81. The molecule has 3 N–H and O–H groups in total. The van der Waals surface area contributed by atoms with Gasteiger partial charge in [-0.25, -0.2) is 4.79 Å². The third-order valence-corrected chi connectivity index (χ3v) is 6.30. The van der Waals surface area contributed by atoms with E-state index in [9.17, 15) is 22.6 Å². The minimum Gasteiger partial charge on any atom is -0.445 e. The fourth-order valence-corrected chi connectivity index (χ4v) is 4.30. The van der Waals surface area contributed by atoms with Crippen LogP contribution in [0.25, 0.3) is 0 Å². The molecule has 0 radical (unpaired) electrons. The molecule has 3 rings (SSSR count). The summed E-state index contributed by atoms with van der Waals surface area (Å²) in [6, 6.07) is 8.01. The van der Waals surface area contributed by atoms with Gasteiger partial charge in [0, 0.05) is 12.6 Å². The van der Waals surface area contributed by atoms with Crippen LogP contribution in [0.5, 0.6) is 0 Å². The zero-order valence-electron chi connectivity index (χ0n) is 15.4. The molecule has 2 aliphatic heterocycles. The molecule has 0 unspecified atom stereocenters. The summed E-state index contributed by atoms with van der Waals surface area (Å²) in [6.45, 7) is 1.30. The fraction of sp³-hybridized carbons (Fsp3) is 0.556. The Kier molecular flexibility index (Phi) is 6.53. The minimum absolute atomic E-state index is 0.00927.